The first-order valence-corrected chi connectivity index (χ1v) is 8.68. The van der Waals surface area contributed by atoms with Crippen LogP contribution < -0.4 is 0 Å². The molecule has 16 heavy (non-hydrogen) atoms. The van der Waals surface area contributed by atoms with Gasteiger partial charge in [0.1, 0.15) is 0 Å². The van der Waals surface area contributed by atoms with Gasteiger partial charge in [-0.15, -0.1) is 8.58 Å². The minimum Gasteiger partial charge on any atom is -0.119 e. The van der Waals surface area contributed by atoms with Gasteiger partial charge in [-0.1, -0.05) is 66.2 Å². The molecule has 0 saturated carbocycles. The van der Waals surface area contributed by atoms with E-state index in [-0.39, 0.29) is 0 Å². The monoisotopic (exact) mass is 244 g/mol. The van der Waals surface area contributed by atoms with Gasteiger partial charge in [0.15, 0.2) is 0 Å². The summed E-state index contributed by atoms with van der Waals surface area (Å²) < 4.78 is 0. The van der Waals surface area contributed by atoms with E-state index in [9.17, 15) is 0 Å². The van der Waals surface area contributed by atoms with E-state index in [1.54, 1.807) is 0 Å². The van der Waals surface area contributed by atoms with Gasteiger partial charge in [-0.2, -0.15) is 0 Å². The zero-order valence-corrected chi connectivity index (χ0v) is 13.0. The van der Waals surface area contributed by atoms with E-state index < -0.39 is 0 Å². The standard InChI is InChI=1S/C15H33P/c1-5-6-7-8-9-13-16-15(4)12-10-11-14(2)3/h14-16H,5-13H2,1-4H3. The number of unbranched alkanes of at least 4 members (excludes halogenated alkanes) is 4. The van der Waals surface area contributed by atoms with Crippen molar-refractivity contribution >= 4 is 8.58 Å². The van der Waals surface area contributed by atoms with Crippen LogP contribution in [0.5, 0.6) is 0 Å². The maximum Gasteiger partial charge on any atom is -0.0265 e. The van der Waals surface area contributed by atoms with Crippen LogP contribution in [0, 0.1) is 5.92 Å². The summed E-state index contributed by atoms with van der Waals surface area (Å²) >= 11 is 0. The molecule has 0 bridgehead atoms. The summed E-state index contributed by atoms with van der Waals surface area (Å²) in [6, 6.07) is 0. The van der Waals surface area contributed by atoms with Crippen molar-refractivity contribution in [3.8, 4) is 0 Å². The van der Waals surface area contributed by atoms with E-state index in [1.165, 1.54) is 66.1 Å². The van der Waals surface area contributed by atoms with Gasteiger partial charge in [0.05, 0.1) is 0 Å². The summed E-state index contributed by atoms with van der Waals surface area (Å²) in [6.45, 7) is 9.41. The Labute approximate surface area is 106 Å². The molecule has 0 nitrogen and oxygen atoms in total. The molecule has 0 aliphatic carbocycles. The summed E-state index contributed by atoms with van der Waals surface area (Å²) in [5.74, 6) is 0.893. The lowest BCUT2D eigenvalue weighted by atomic mass is 10.1. The molecule has 98 valence electrons. The van der Waals surface area contributed by atoms with Crippen LogP contribution in [0.3, 0.4) is 0 Å². The topological polar surface area (TPSA) is 0 Å². The van der Waals surface area contributed by atoms with Crippen molar-refractivity contribution in [2.24, 2.45) is 5.92 Å². The molecule has 1 heteroatoms. The second-order valence-corrected chi connectivity index (χ2v) is 7.49. The quantitative estimate of drug-likeness (QED) is 0.316. The van der Waals surface area contributed by atoms with E-state index in [4.69, 9.17) is 0 Å². The molecule has 0 radical (unpaired) electrons. The van der Waals surface area contributed by atoms with E-state index in [2.05, 4.69) is 27.7 Å². The van der Waals surface area contributed by atoms with E-state index >= 15 is 0 Å². The van der Waals surface area contributed by atoms with Crippen molar-refractivity contribution in [3.05, 3.63) is 0 Å². The minimum atomic E-state index is 0.893. The summed E-state index contributed by atoms with van der Waals surface area (Å²) in [4.78, 5) is 0. The van der Waals surface area contributed by atoms with Crippen LogP contribution in [0.25, 0.3) is 0 Å². The Balaban J connectivity index is 3.14. The highest BCUT2D eigenvalue weighted by atomic mass is 31.1. The van der Waals surface area contributed by atoms with Gasteiger partial charge in [0, 0.05) is 0 Å². The normalized spacial score (nSPS) is 14.1. The van der Waals surface area contributed by atoms with E-state index in [1.807, 2.05) is 0 Å². The predicted octanol–water partition coefficient (Wildman–Crippen LogP) is 5.85. The third-order valence-electron chi connectivity index (χ3n) is 3.19. The van der Waals surface area contributed by atoms with Crippen LogP contribution in [-0.2, 0) is 0 Å². The largest absolute Gasteiger partial charge is 0.119 e. The Morgan fingerprint density at radius 1 is 0.812 bits per heavy atom. The summed E-state index contributed by atoms with van der Waals surface area (Å²) in [5, 5.41) is 0. The minimum absolute atomic E-state index is 0.893. The Morgan fingerprint density at radius 3 is 2.12 bits per heavy atom. The maximum absolute atomic E-state index is 2.45. The molecule has 2 atom stereocenters. The van der Waals surface area contributed by atoms with Gasteiger partial charge in [0.2, 0.25) is 0 Å². The highest BCUT2D eigenvalue weighted by molar-refractivity contribution is 7.38. The molecule has 0 aromatic heterocycles. The molecule has 0 aliphatic rings. The van der Waals surface area contributed by atoms with Crippen molar-refractivity contribution in [3.63, 3.8) is 0 Å². The first kappa shape index (κ1) is 16.4. The fourth-order valence-corrected chi connectivity index (χ4v) is 3.37. The molecule has 0 saturated heterocycles. The molecule has 0 aromatic carbocycles. The van der Waals surface area contributed by atoms with E-state index in [0.717, 1.165) is 11.6 Å². The number of hydrogen-bond acceptors (Lipinski definition) is 0. The predicted molar refractivity (Wildman–Crippen MR) is 80.1 cm³/mol. The van der Waals surface area contributed by atoms with Crippen molar-refractivity contribution in [1.82, 2.24) is 0 Å². The molecule has 0 amide bonds. The van der Waals surface area contributed by atoms with E-state index in [0.29, 0.717) is 0 Å². The van der Waals surface area contributed by atoms with Gasteiger partial charge in [-0.25, -0.2) is 0 Å². The van der Waals surface area contributed by atoms with Crippen LogP contribution in [0.1, 0.15) is 79.1 Å². The van der Waals surface area contributed by atoms with Gasteiger partial charge >= 0.3 is 0 Å². The van der Waals surface area contributed by atoms with Crippen LogP contribution in [0.15, 0.2) is 0 Å². The second kappa shape index (κ2) is 11.9. The molecule has 0 aromatic rings. The van der Waals surface area contributed by atoms with Gasteiger partial charge in [0.25, 0.3) is 0 Å². The Kier molecular flexibility index (Phi) is 12.2. The molecule has 0 rings (SSSR count). The Hall–Kier alpha value is 0.430. The fourth-order valence-electron chi connectivity index (χ4n) is 2.01. The molecule has 0 spiro atoms. The number of rotatable bonds is 11. The third-order valence-corrected chi connectivity index (χ3v) is 4.82. The fraction of sp³-hybridized carbons (Fsp3) is 1.00. The average Bonchev–Trinajstić information content (AvgIpc) is 2.22. The molecule has 0 heterocycles. The Morgan fingerprint density at radius 2 is 1.50 bits per heavy atom. The van der Waals surface area contributed by atoms with Crippen molar-refractivity contribution in [2.75, 3.05) is 6.16 Å². The number of hydrogen-bond donors (Lipinski definition) is 0. The first-order chi connectivity index (χ1) is 7.66. The van der Waals surface area contributed by atoms with Crippen LogP contribution in [0.4, 0.5) is 0 Å². The Bertz CT molecular complexity index is 131. The lowest BCUT2D eigenvalue weighted by Crippen LogP contribution is -1.97. The van der Waals surface area contributed by atoms with Gasteiger partial charge < -0.3 is 0 Å². The highest BCUT2D eigenvalue weighted by Crippen LogP contribution is 2.25. The SMILES string of the molecule is CCCCCCCPC(C)CCCC(C)C. The molecule has 0 fully saturated rings. The molecular formula is C15H33P. The zero-order chi connectivity index (χ0) is 12.2. The molecule has 0 aliphatic heterocycles. The van der Waals surface area contributed by atoms with Crippen molar-refractivity contribution in [2.45, 2.75) is 84.7 Å². The molecule has 2 unspecified atom stereocenters. The highest BCUT2D eigenvalue weighted by Gasteiger charge is 2.02. The summed E-state index contributed by atoms with van der Waals surface area (Å²) in [6.07, 6.45) is 13.0. The maximum atomic E-state index is 2.45. The summed E-state index contributed by atoms with van der Waals surface area (Å²) in [5.41, 5.74) is 0.991. The van der Waals surface area contributed by atoms with Crippen LogP contribution >= 0.6 is 8.58 Å². The van der Waals surface area contributed by atoms with Crippen LogP contribution in [0.2, 0.25) is 0 Å². The second-order valence-electron chi connectivity index (χ2n) is 5.59. The van der Waals surface area contributed by atoms with Gasteiger partial charge in [-0.3, -0.25) is 0 Å². The summed E-state index contributed by atoms with van der Waals surface area (Å²) in [7, 11) is 1.22. The van der Waals surface area contributed by atoms with Crippen molar-refractivity contribution in [1.29, 1.82) is 0 Å². The third kappa shape index (κ3) is 12.5. The average molecular weight is 244 g/mol. The first-order valence-electron chi connectivity index (χ1n) is 7.40. The van der Waals surface area contributed by atoms with Crippen molar-refractivity contribution < 1.29 is 0 Å². The van der Waals surface area contributed by atoms with Gasteiger partial charge in [-0.05, 0) is 30.6 Å². The van der Waals surface area contributed by atoms with Crippen LogP contribution in [-0.4, -0.2) is 11.8 Å². The lowest BCUT2D eigenvalue weighted by Gasteiger charge is -2.12. The lowest BCUT2D eigenvalue weighted by molar-refractivity contribution is 0.537. The zero-order valence-electron chi connectivity index (χ0n) is 12.0. The molecule has 0 N–H and O–H groups in total. The smallest absolute Gasteiger partial charge is 0.0265 e. The molecular weight excluding hydrogens is 211 g/mol.